The highest BCUT2D eigenvalue weighted by Crippen LogP contribution is 2.15. The number of nitrogens with one attached hydrogen (secondary N) is 1. The Morgan fingerprint density at radius 2 is 1.70 bits per heavy atom. The molecule has 0 spiro atoms. The Hall–Kier alpha value is -3.67. The van der Waals surface area contributed by atoms with Crippen LogP contribution in [0.4, 0.5) is 0 Å². The van der Waals surface area contributed by atoms with Crippen LogP contribution in [-0.4, -0.2) is 33.4 Å². The van der Waals surface area contributed by atoms with E-state index in [-0.39, 0.29) is 11.7 Å². The molecule has 0 bridgehead atoms. The van der Waals surface area contributed by atoms with Crippen LogP contribution in [0.25, 0.3) is 0 Å². The van der Waals surface area contributed by atoms with Crippen LogP contribution in [0.5, 0.6) is 0 Å². The summed E-state index contributed by atoms with van der Waals surface area (Å²) < 4.78 is 1.96. The molecule has 6 nitrogen and oxygen atoms in total. The number of carbonyl (C=O) groups is 3. The highest BCUT2D eigenvalue weighted by Gasteiger charge is 2.24. The quantitative estimate of drug-likeness (QED) is 0.449. The van der Waals surface area contributed by atoms with Crippen molar-refractivity contribution in [1.29, 1.82) is 0 Å². The van der Waals surface area contributed by atoms with Crippen molar-refractivity contribution in [3.63, 3.8) is 0 Å². The van der Waals surface area contributed by atoms with Crippen molar-refractivity contribution < 1.29 is 19.5 Å². The van der Waals surface area contributed by atoms with Gasteiger partial charge in [0.25, 0.3) is 5.91 Å². The Morgan fingerprint density at radius 3 is 2.36 bits per heavy atom. The van der Waals surface area contributed by atoms with Gasteiger partial charge in [-0.2, -0.15) is 0 Å². The Morgan fingerprint density at radius 1 is 0.970 bits per heavy atom. The molecule has 2 N–H and O–H groups in total. The summed E-state index contributed by atoms with van der Waals surface area (Å²) in [5, 5.41) is 11.9. The van der Waals surface area contributed by atoms with Crippen LogP contribution in [0.2, 0.25) is 0 Å². The number of nitrogens with zero attached hydrogens (tertiary/aromatic N) is 1. The molecule has 33 heavy (non-hydrogen) atoms. The zero-order valence-electron chi connectivity index (χ0n) is 19.2. The molecule has 172 valence electrons. The summed E-state index contributed by atoms with van der Waals surface area (Å²) in [6.07, 6.45) is 3.42. The second-order valence-corrected chi connectivity index (χ2v) is 8.62. The van der Waals surface area contributed by atoms with Crippen LogP contribution in [0, 0.1) is 12.8 Å². The Labute approximate surface area is 194 Å². The summed E-state index contributed by atoms with van der Waals surface area (Å²) in [4.78, 5) is 36.8. The van der Waals surface area contributed by atoms with Crippen molar-refractivity contribution in [2.75, 3.05) is 0 Å². The Balaban J connectivity index is 1.62. The first-order chi connectivity index (χ1) is 15.8. The van der Waals surface area contributed by atoms with Crippen LogP contribution in [0.1, 0.15) is 57.8 Å². The van der Waals surface area contributed by atoms with Gasteiger partial charge in [0.2, 0.25) is 5.78 Å². The number of ketones is 1. The molecular weight excluding hydrogens is 416 g/mol. The maximum Gasteiger partial charge on any atom is 0.326 e. The molecule has 1 amide bonds. The zero-order valence-corrected chi connectivity index (χ0v) is 19.2. The lowest BCUT2D eigenvalue weighted by molar-refractivity contribution is -0.140. The normalized spacial score (nSPS) is 11.9. The van der Waals surface area contributed by atoms with Crippen LogP contribution in [0.15, 0.2) is 66.9 Å². The summed E-state index contributed by atoms with van der Waals surface area (Å²) in [7, 11) is 0. The number of amides is 1. The molecule has 3 aromatic rings. The molecule has 0 aliphatic carbocycles. The van der Waals surface area contributed by atoms with E-state index >= 15 is 0 Å². The number of carbonyl (C=O) groups excluding carboxylic acids is 2. The van der Waals surface area contributed by atoms with Gasteiger partial charge in [-0.15, -0.1) is 0 Å². The van der Waals surface area contributed by atoms with E-state index in [0.717, 1.165) is 24.0 Å². The number of aromatic nitrogens is 1. The van der Waals surface area contributed by atoms with Crippen molar-refractivity contribution in [2.45, 2.75) is 46.2 Å². The van der Waals surface area contributed by atoms with E-state index in [4.69, 9.17) is 0 Å². The zero-order chi connectivity index (χ0) is 24.0. The third-order valence-electron chi connectivity index (χ3n) is 5.65. The third-order valence-corrected chi connectivity index (χ3v) is 5.65. The number of rotatable bonds is 10. The molecule has 1 atom stereocenters. The van der Waals surface area contributed by atoms with Crippen LogP contribution in [-0.2, 0) is 17.8 Å². The summed E-state index contributed by atoms with van der Waals surface area (Å²) in [6, 6.07) is 17.6. The second-order valence-electron chi connectivity index (χ2n) is 8.62. The minimum atomic E-state index is -1.04. The molecular formula is C27H30N2O4. The molecule has 0 aliphatic heterocycles. The fraction of sp³-hybridized carbons (Fsp3) is 0.296. The summed E-state index contributed by atoms with van der Waals surface area (Å²) in [5.41, 5.74) is 3.86. The summed E-state index contributed by atoms with van der Waals surface area (Å²) in [6.45, 7) is 6.18. The lowest BCUT2D eigenvalue weighted by atomic mass is 10.0. The van der Waals surface area contributed by atoms with E-state index in [1.165, 1.54) is 0 Å². The number of benzene rings is 2. The Kier molecular flexibility index (Phi) is 7.83. The van der Waals surface area contributed by atoms with Gasteiger partial charge in [0.1, 0.15) is 6.04 Å². The van der Waals surface area contributed by atoms with Gasteiger partial charge in [0, 0.05) is 23.9 Å². The lowest BCUT2D eigenvalue weighted by Crippen LogP contribution is -2.44. The second kappa shape index (κ2) is 10.8. The topological polar surface area (TPSA) is 88.4 Å². The molecule has 1 aromatic heterocycles. The van der Waals surface area contributed by atoms with E-state index < -0.39 is 17.9 Å². The first-order valence-electron chi connectivity index (χ1n) is 11.2. The van der Waals surface area contributed by atoms with Crippen molar-refractivity contribution in [3.05, 3.63) is 94.8 Å². The standard InChI is InChI=1S/C27H30N2O4/c1-18(2)24(27(32)33)28-26(31)22-9-4-7-20(17-22)8-5-15-29-16-6-10-23(29)25(30)21-13-11-19(3)12-14-21/h4,6-7,9-14,16-18,24H,5,8,15H2,1-3H3,(H,28,31)(H,32,33)/t24-/m0/s1. The molecule has 2 aromatic carbocycles. The highest BCUT2D eigenvalue weighted by atomic mass is 16.4. The maximum atomic E-state index is 12.9. The van der Waals surface area contributed by atoms with Gasteiger partial charge in [0.15, 0.2) is 0 Å². The van der Waals surface area contributed by atoms with Gasteiger partial charge in [-0.05, 0) is 55.5 Å². The predicted molar refractivity (Wildman–Crippen MR) is 128 cm³/mol. The monoisotopic (exact) mass is 446 g/mol. The molecule has 0 saturated heterocycles. The van der Waals surface area contributed by atoms with Crippen molar-refractivity contribution in [1.82, 2.24) is 9.88 Å². The van der Waals surface area contributed by atoms with Gasteiger partial charge in [0.05, 0.1) is 5.69 Å². The first kappa shape index (κ1) is 24.0. The molecule has 3 rings (SSSR count). The van der Waals surface area contributed by atoms with E-state index in [9.17, 15) is 19.5 Å². The van der Waals surface area contributed by atoms with Crippen LogP contribution < -0.4 is 5.32 Å². The molecule has 0 saturated carbocycles. The predicted octanol–water partition coefficient (Wildman–Crippen LogP) is 4.50. The third kappa shape index (κ3) is 6.19. The van der Waals surface area contributed by atoms with E-state index in [1.807, 2.05) is 60.2 Å². The number of aryl methyl sites for hydroxylation is 3. The number of hydrogen-bond acceptors (Lipinski definition) is 3. The lowest BCUT2D eigenvalue weighted by Gasteiger charge is -2.18. The van der Waals surface area contributed by atoms with Gasteiger partial charge in [-0.3, -0.25) is 9.59 Å². The van der Waals surface area contributed by atoms with E-state index in [1.54, 1.807) is 32.0 Å². The fourth-order valence-electron chi connectivity index (χ4n) is 3.73. The van der Waals surface area contributed by atoms with Crippen LogP contribution in [0.3, 0.4) is 0 Å². The van der Waals surface area contributed by atoms with Gasteiger partial charge >= 0.3 is 5.97 Å². The number of carboxylic acids is 1. The van der Waals surface area contributed by atoms with Crippen molar-refractivity contribution in [2.24, 2.45) is 5.92 Å². The molecule has 0 radical (unpaired) electrons. The van der Waals surface area contributed by atoms with Gasteiger partial charge < -0.3 is 15.0 Å². The number of carboxylic acid groups (broad SMARTS) is 1. The molecule has 0 aliphatic rings. The SMILES string of the molecule is Cc1ccc(C(=O)c2cccn2CCCc2cccc(C(=O)N[C@H](C(=O)O)C(C)C)c2)cc1. The maximum absolute atomic E-state index is 12.9. The largest absolute Gasteiger partial charge is 0.480 e. The Bertz CT molecular complexity index is 1130. The van der Waals surface area contributed by atoms with Crippen molar-refractivity contribution in [3.8, 4) is 0 Å². The summed E-state index contributed by atoms with van der Waals surface area (Å²) in [5.74, 6) is -1.66. The van der Waals surface area contributed by atoms with Gasteiger partial charge in [-0.25, -0.2) is 4.79 Å². The average Bonchev–Trinajstić information content (AvgIpc) is 3.25. The first-order valence-corrected chi connectivity index (χ1v) is 11.2. The summed E-state index contributed by atoms with van der Waals surface area (Å²) >= 11 is 0. The van der Waals surface area contributed by atoms with E-state index in [0.29, 0.717) is 23.4 Å². The molecule has 1 heterocycles. The number of aliphatic carboxylic acids is 1. The molecule has 0 unspecified atom stereocenters. The number of hydrogen-bond donors (Lipinski definition) is 2. The average molecular weight is 447 g/mol. The highest BCUT2D eigenvalue weighted by molar-refractivity contribution is 6.08. The van der Waals surface area contributed by atoms with E-state index in [2.05, 4.69) is 5.32 Å². The minimum absolute atomic E-state index is 0.00296. The molecule has 6 heteroatoms. The molecule has 0 fully saturated rings. The van der Waals surface area contributed by atoms with Crippen LogP contribution >= 0.6 is 0 Å². The minimum Gasteiger partial charge on any atom is -0.480 e. The smallest absolute Gasteiger partial charge is 0.326 e. The van der Waals surface area contributed by atoms with Gasteiger partial charge in [-0.1, -0.05) is 55.8 Å². The van der Waals surface area contributed by atoms with Crippen molar-refractivity contribution >= 4 is 17.7 Å². The fourth-order valence-corrected chi connectivity index (χ4v) is 3.73.